The van der Waals surface area contributed by atoms with E-state index in [0.717, 1.165) is 28.2 Å². The molecule has 2 N–H and O–H groups in total. The third kappa shape index (κ3) is 3.16. The van der Waals surface area contributed by atoms with Gasteiger partial charge in [0, 0.05) is 23.1 Å². The summed E-state index contributed by atoms with van der Waals surface area (Å²) in [7, 11) is 0. The minimum absolute atomic E-state index is 0.000902. The second-order valence-corrected chi connectivity index (χ2v) is 5.83. The van der Waals surface area contributed by atoms with Crippen LogP contribution < -0.4 is 5.32 Å². The molecule has 0 radical (unpaired) electrons. The topological polar surface area (TPSA) is 106 Å². The first-order valence-electron chi connectivity index (χ1n) is 7.60. The van der Waals surface area contributed by atoms with Crippen molar-refractivity contribution in [3.63, 3.8) is 0 Å². The number of aryl methyl sites for hydroxylation is 2. The molecule has 0 saturated carbocycles. The predicted octanol–water partition coefficient (Wildman–Crippen LogP) is 3.84. The number of anilines is 1. The highest BCUT2D eigenvalue weighted by molar-refractivity contribution is 5.97. The highest BCUT2D eigenvalue weighted by atomic mass is 16.6. The number of carbonyl (C=O) groups is 1. The third-order valence-corrected chi connectivity index (χ3v) is 4.16. The molecule has 1 aromatic heterocycles. The van der Waals surface area contributed by atoms with Crippen LogP contribution in [0, 0.1) is 24.0 Å². The molecule has 0 unspecified atom stereocenters. The molecular formula is C18H16N2O5. The normalized spacial score (nSPS) is 10.8. The largest absolute Gasteiger partial charge is 0.506 e. The highest BCUT2D eigenvalue weighted by Gasteiger charge is 2.16. The number of nitrogens with zero attached hydrogens (tertiary/aromatic N) is 1. The lowest BCUT2D eigenvalue weighted by Gasteiger charge is -2.07. The molecule has 0 aliphatic rings. The molecule has 0 aliphatic carbocycles. The summed E-state index contributed by atoms with van der Waals surface area (Å²) in [5, 5.41) is 23.9. The average Bonchev–Trinajstić information content (AvgIpc) is 2.96. The van der Waals surface area contributed by atoms with E-state index in [4.69, 9.17) is 4.42 Å². The van der Waals surface area contributed by atoms with Gasteiger partial charge in [0.15, 0.2) is 0 Å². The zero-order valence-electron chi connectivity index (χ0n) is 13.7. The average molecular weight is 340 g/mol. The smallest absolute Gasteiger partial charge is 0.271 e. The Morgan fingerprint density at radius 3 is 2.76 bits per heavy atom. The summed E-state index contributed by atoms with van der Waals surface area (Å²) >= 11 is 0. The maximum Gasteiger partial charge on any atom is 0.271 e. The maximum atomic E-state index is 12.3. The van der Waals surface area contributed by atoms with E-state index in [1.807, 2.05) is 26.0 Å². The molecule has 1 heterocycles. The Morgan fingerprint density at radius 2 is 2.04 bits per heavy atom. The molecule has 0 saturated heterocycles. The van der Waals surface area contributed by atoms with Crippen LogP contribution in [0.3, 0.4) is 0 Å². The zero-order chi connectivity index (χ0) is 18.1. The molecule has 0 fully saturated rings. The van der Waals surface area contributed by atoms with E-state index in [-0.39, 0.29) is 23.5 Å². The molecule has 0 aliphatic heterocycles. The van der Waals surface area contributed by atoms with Crippen LogP contribution in [0.25, 0.3) is 11.0 Å². The van der Waals surface area contributed by atoms with Crippen molar-refractivity contribution < 1.29 is 19.2 Å². The van der Waals surface area contributed by atoms with E-state index in [0.29, 0.717) is 5.56 Å². The summed E-state index contributed by atoms with van der Waals surface area (Å²) in [5.74, 6) is -0.640. The summed E-state index contributed by atoms with van der Waals surface area (Å²) < 4.78 is 5.57. The Morgan fingerprint density at radius 1 is 1.28 bits per heavy atom. The number of nitrogens with one attached hydrogen (secondary N) is 1. The molecule has 3 aromatic rings. The van der Waals surface area contributed by atoms with Gasteiger partial charge in [0.05, 0.1) is 23.3 Å². The number of benzene rings is 2. The molecule has 7 heteroatoms. The fourth-order valence-corrected chi connectivity index (χ4v) is 2.63. The quantitative estimate of drug-likeness (QED) is 0.426. The van der Waals surface area contributed by atoms with Gasteiger partial charge in [-0.3, -0.25) is 14.9 Å². The van der Waals surface area contributed by atoms with Crippen LogP contribution in [0.5, 0.6) is 5.75 Å². The van der Waals surface area contributed by atoms with Crippen molar-refractivity contribution in [1.82, 2.24) is 0 Å². The number of phenols is 1. The van der Waals surface area contributed by atoms with Gasteiger partial charge in [-0.2, -0.15) is 0 Å². The van der Waals surface area contributed by atoms with Crippen LogP contribution in [-0.2, 0) is 11.2 Å². The molecule has 7 nitrogen and oxygen atoms in total. The van der Waals surface area contributed by atoms with Crippen LogP contribution in [0.1, 0.15) is 16.7 Å². The van der Waals surface area contributed by atoms with Gasteiger partial charge in [-0.05, 0) is 31.0 Å². The monoisotopic (exact) mass is 340 g/mol. The first-order chi connectivity index (χ1) is 11.9. The summed E-state index contributed by atoms with van der Waals surface area (Å²) in [6, 6.07) is 7.32. The van der Waals surface area contributed by atoms with E-state index in [2.05, 4.69) is 5.32 Å². The van der Waals surface area contributed by atoms with Gasteiger partial charge in [-0.15, -0.1) is 0 Å². The minimum atomic E-state index is -0.593. The fourth-order valence-electron chi connectivity index (χ4n) is 2.63. The highest BCUT2D eigenvalue weighted by Crippen LogP contribution is 2.29. The molecular weight excluding hydrogens is 324 g/mol. The molecule has 128 valence electrons. The number of aromatic hydroxyl groups is 1. The predicted molar refractivity (Wildman–Crippen MR) is 92.8 cm³/mol. The molecule has 0 spiro atoms. The van der Waals surface area contributed by atoms with Crippen LogP contribution in [0.4, 0.5) is 11.4 Å². The van der Waals surface area contributed by atoms with E-state index in [1.54, 1.807) is 0 Å². The first-order valence-corrected chi connectivity index (χ1v) is 7.60. The fraction of sp³-hybridized carbons (Fsp3) is 0.167. The van der Waals surface area contributed by atoms with E-state index in [1.165, 1.54) is 18.4 Å². The Bertz CT molecular complexity index is 991. The lowest BCUT2D eigenvalue weighted by Crippen LogP contribution is -2.14. The van der Waals surface area contributed by atoms with Crippen LogP contribution >= 0.6 is 0 Å². The number of non-ortho nitro benzene ring substituents is 1. The van der Waals surface area contributed by atoms with Crippen molar-refractivity contribution in [2.75, 3.05) is 5.32 Å². The Kier molecular flexibility index (Phi) is 4.14. The zero-order valence-corrected chi connectivity index (χ0v) is 13.7. The number of phenolic OH excluding ortho intramolecular Hbond substituents is 1. The molecule has 2 aromatic carbocycles. The number of hydrogen-bond acceptors (Lipinski definition) is 5. The van der Waals surface area contributed by atoms with Crippen molar-refractivity contribution in [3.8, 4) is 5.75 Å². The summed E-state index contributed by atoms with van der Waals surface area (Å²) in [4.78, 5) is 22.5. The standard InChI is InChI=1S/C18H16N2O5/c1-10-3-5-14-12(9-25-18(14)11(10)2)7-17(22)19-15-8-13(20(23)24)4-6-16(15)21/h3-6,8-9,21H,7H2,1-2H3,(H,19,22). The number of hydrogen-bond donors (Lipinski definition) is 2. The van der Waals surface area contributed by atoms with Gasteiger partial charge < -0.3 is 14.8 Å². The van der Waals surface area contributed by atoms with Crippen molar-refractivity contribution in [2.24, 2.45) is 0 Å². The summed E-state index contributed by atoms with van der Waals surface area (Å²) in [6.07, 6.45) is 1.56. The van der Waals surface area contributed by atoms with Crippen molar-refractivity contribution in [3.05, 3.63) is 63.4 Å². The van der Waals surface area contributed by atoms with E-state index in [9.17, 15) is 20.0 Å². The molecule has 25 heavy (non-hydrogen) atoms. The van der Waals surface area contributed by atoms with Crippen LogP contribution in [-0.4, -0.2) is 15.9 Å². The number of nitro benzene ring substituents is 1. The summed E-state index contributed by atoms with van der Waals surface area (Å²) in [5.41, 5.74) is 3.34. The summed E-state index contributed by atoms with van der Waals surface area (Å²) in [6.45, 7) is 3.93. The maximum absolute atomic E-state index is 12.3. The van der Waals surface area contributed by atoms with Crippen molar-refractivity contribution in [2.45, 2.75) is 20.3 Å². The van der Waals surface area contributed by atoms with Gasteiger partial charge in [0.25, 0.3) is 5.69 Å². The SMILES string of the molecule is Cc1ccc2c(CC(=O)Nc3cc([N+](=O)[O-])ccc3O)coc2c1C. The van der Waals surface area contributed by atoms with Crippen molar-refractivity contribution in [1.29, 1.82) is 0 Å². The Labute approximate surface area is 143 Å². The Balaban J connectivity index is 1.83. The lowest BCUT2D eigenvalue weighted by molar-refractivity contribution is -0.384. The number of fused-ring (bicyclic) bond motifs is 1. The van der Waals surface area contributed by atoms with Gasteiger partial charge in [0.1, 0.15) is 11.3 Å². The number of nitro groups is 1. The minimum Gasteiger partial charge on any atom is -0.506 e. The molecule has 3 rings (SSSR count). The van der Waals surface area contributed by atoms with Gasteiger partial charge >= 0.3 is 0 Å². The van der Waals surface area contributed by atoms with E-state index < -0.39 is 10.8 Å². The number of furan rings is 1. The molecule has 1 amide bonds. The lowest BCUT2D eigenvalue weighted by atomic mass is 10.0. The molecule has 0 bridgehead atoms. The third-order valence-electron chi connectivity index (χ3n) is 4.16. The first kappa shape index (κ1) is 16.5. The van der Waals surface area contributed by atoms with E-state index >= 15 is 0 Å². The number of amides is 1. The van der Waals surface area contributed by atoms with Gasteiger partial charge in [-0.1, -0.05) is 12.1 Å². The van der Waals surface area contributed by atoms with Crippen molar-refractivity contribution >= 4 is 28.3 Å². The van der Waals surface area contributed by atoms with Gasteiger partial charge in [-0.25, -0.2) is 0 Å². The van der Waals surface area contributed by atoms with Gasteiger partial charge in [0.2, 0.25) is 5.91 Å². The second kappa shape index (κ2) is 6.27. The Hall–Kier alpha value is -3.35. The number of carbonyl (C=O) groups excluding carboxylic acids is 1. The second-order valence-electron chi connectivity index (χ2n) is 5.83. The van der Waals surface area contributed by atoms with Crippen LogP contribution in [0.2, 0.25) is 0 Å². The van der Waals surface area contributed by atoms with Crippen LogP contribution in [0.15, 0.2) is 41.0 Å². The number of rotatable bonds is 4. The molecule has 0 atom stereocenters.